The van der Waals surface area contributed by atoms with Crippen LogP contribution in [0.1, 0.15) is 52.9 Å². The van der Waals surface area contributed by atoms with Crippen molar-refractivity contribution in [1.82, 2.24) is 10.2 Å². The first-order valence-corrected chi connectivity index (χ1v) is 7.22. The summed E-state index contributed by atoms with van der Waals surface area (Å²) in [5.41, 5.74) is 0. The van der Waals surface area contributed by atoms with Gasteiger partial charge < -0.3 is 10.2 Å². The van der Waals surface area contributed by atoms with Crippen molar-refractivity contribution >= 4 is 0 Å². The molecule has 2 heteroatoms. The van der Waals surface area contributed by atoms with Crippen molar-refractivity contribution in [3.63, 3.8) is 0 Å². The van der Waals surface area contributed by atoms with Crippen LogP contribution in [0.2, 0.25) is 0 Å². The second-order valence-corrected chi connectivity index (χ2v) is 5.35. The summed E-state index contributed by atoms with van der Waals surface area (Å²) in [6.45, 7) is 12.0. The molecule has 96 valence electrons. The average Bonchev–Trinajstić information content (AvgIpc) is 2.34. The Balaban J connectivity index is 2.11. The van der Waals surface area contributed by atoms with Gasteiger partial charge in [0.25, 0.3) is 0 Å². The van der Waals surface area contributed by atoms with E-state index in [1.54, 1.807) is 0 Å². The van der Waals surface area contributed by atoms with Gasteiger partial charge in [-0.1, -0.05) is 26.7 Å². The summed E-state index contributed by atoms with van der Waals surface area (Å²) in [6, 6.07) is 0.706. The van der Waals surface area contributed by atoms with Crippen molar-refractivity contribution < 1.29 is 0 Å². The highest BCUT2D eigenvalue weighted by Gasteiger charge is 2.18. The molecule has 1 aliphatic rings. The minimum absolute atomic E-state index is 0.706. The summed E-state index contributed by atoms with van der Waals surface area (Å²) in [7, 11) is 0. The van der Waals surface area contributed by atoms with Crippen molar-refractivity contribution in [2.75, 3.05) is 26.2 Å². The Morgan fingerprint density at radius 2 is 2.19 bits per heavy atom. The zero-order valence-electron chi connectivity index (χ0n) is 11.5. The lowest BCUT2D eigenvalue weighted by atomic mass is 9.97. The highest BCUT2D eigenvalue weighted by atomic mass is 15.1. The second-order valence-electron chi connectivity index (χ2n) is 5.35. The predicted molar refractivity (Wildman–Crippen MR) is 71.8 cm³/mol. The minimum atomic E-state index is 0.706. The Bertz CT molecular complexity index is 170. The van der Waals surface area contributed by atoms with E-state index in [1.807, 2.05) is 0 Å². The maximum absolute atomic E-state index is 3.71. The Hall–Kier alpha value is -0.0800. The predicted octanol–water partition coefficient (Wildman–Crippen LogP) is 2.89. The number of unbranched alkanes of at least 4 members (excludes halogenated alkanes) is 1. The Morgan fingerprint density at radius 1 is 1.38 bits per heavy atom. The van der Waals surface area contributed by atoms with Gasteiger partial charge in [-0.2, -0.15) is 0 Å². The summed E-state index contributed by atoms with van der Waals surface area (Å²) < 4.78 is 0. The van der Waals surface area contributed by atoms with E-state index < -0.39 is 0 Å². The molecule has 0 amide bonds. The maximum Gasteiger partial charge on any atom is 0.00388 e. The van der Waals surface area contributed by atoms with Gasteiger partial charge in [0.1, 0.15) is 0 Å². The molecule has 0 spiro atoms. The molecule has 16 heavy (non-hydrogen) atoms. The van der Waals surface area contributed by atoms with Gasteiger partial charge in [-0.3, -0.25) is 0 Å². The van der Waals surface area contributed by atoms with E-state index in [-0.39, 0.29) is 0 Å². The third kappa shape index (κ3) is 5.31. The average molecular weight is 226 g/mol. The van der Waals surface area contributed by atoms with Gasteiger partial charge in [-0.05, 0) is 51.7 Å². The number of nitrogens with zero attached hydrogens (tertiary/aromatic N) is 1. The summed E-state index contributed by atoms with van der Waals surface area (Å²) in [5, 5.41) is 3.71. The molecule has 0 aromatic heterocycles. The third-order valence-electron chi connectivity index (χ3n) is 3.80. The fourth-order valence-corrected chi connectivity index (χ4v) is 2.59. The standard InChI is InChI=1S/C14H30N2/c1-4-6-8-13(3)15-11-14-9-7-10-16(5-2)12-14/h13-15H,4-12H2,1-3H3. The van der Waals surface area contributed by atoms with E-state index in [2.05, 4.69) is 31.0 Å². The zero-order valence-corrected chi connectivity index (χ0v) is 11.5. The number of likely N-dealkylation sites (tertiary alicyclic amines) is 1. The summed E-state index contributed by atoms with van der Waals surface area (Å²) in [5.74, 6) is 0.887. The molecular formula is C14H30N2. The van der Waals surface area contributed by atoms with Gasteiger partial charge in [0.15, 0.2) is 0 Å². The molecule has 0 aromatic carbocycles. The van der Waals surface area contributed by atoms with E-state index >= 15 is 0 Å². The largest absolute Gasteiger partial charge is 0.314 e. The van der Waals surface area contributed by atoms with Crippen molar-refractivity contribution in [3.05, 3.63) is 0 Å². The monoisotopic (exact) mass is 226 g/mol. The lowest BCUT2D eigenvalue weighted by Gasteiger charge is -2.32. The Morgan fingerprint density at radius 3 is 2.88 bits per heavy atom. The molecule has 1 saturated heterocycles. The molecule has 1 N–H and O–H groups in total. The number of hydrogen-bond acceptors (Lipinski definition) is 2. The van der Waals surface area contributed by atoms with Gasteiger partial charge >= 0.3 is 0 Å². The fraction of sp³-hybridized carbons (Fsp3) is 1.00. The van der Waals surface area contributed by atoms with E-state index in [0.717, 1.165) is 5.92 Å². The van der Waals surface area contributed by atoms with Crippen LogP contribution in [0.25, 0.3) is 0 Å². The van der Waals surface area contributed by atoms with Gasteiger partial charge in [0.2, 0.25) is 0 Å². The molecule has 0 aromatic rings. The molecule has 0 bridgehead atoms. The molecule has 2 unspecified atom stereocenters. The topological polar surface area (TPSA) is 15.3 Å². The lowest BCUT2D eigenvalue weighted by molar-refractivity contribution is 0.177. The number of nitrogens with one attached hydrogen (secondary N) is 1. The van der Waals surface area contributed by atoms with E-state index in [1.165, 1.54) is 58.3 Å². The number of rotatable bonds is 7. The summed E-state index contributed by atoms with van der Waals surface area (Å²) in [4.78, 5) is 2.59. The van der Waals surface area contributed by atoms with Crippen LogP contribution in [0.15, 0.2) is 0 Å². The van der Waals surface area contributed by atoms with Crippen molar-refractivity contribution in [1.29, 1.82) is 0 Å². The quantitative estimate of drug-likeness (QED) is 0.718. The molecule has 0 saturated carbocycles. The van der Waals surface area contributed by atoms with Crippen molar-refractivity contribution in [2.24, 2.45) is 5.92 Å². The summed E-state index contributed by atoms with van der Waals surface area (Å²) >= 11 is 0. The molecule has 1 fully saturated rings. The number of hydrogen-bond donors (Lipinski definition) is 1. The smallest absolute Gasteiger partial charge is 0.00388 e. The highest BCUT2D eigenvalue weighted by molar-refractivity contribution is 4.75. The Labute approximate surface area is 102 Å². The lowest BCUT2D eigenvalue weighted by Crippen LogP contribution is -2.41. The van der Waals surface area contributed by atoms with Crippen LogP contribution in [0.4, 0.5) is 0 Å². The molecule has 0 radical (unpaired) electrons. The summed E-state index contributed by atoms with van der Waals surface area (Å²) in [6.07, 6.45) is 6.83. The van der Waals surface area contributed by atoms with Crippen LogP contribution in [0.5, 0.6) is 0 Å². The SMILES string of the molecule is CCCCC(C)NCC1CCCN(CC)C1. The van der Waals surface area contributed by atoms with E-state index in [4.69, 9.17) is 0 Å². The minimum Gasteiger partial charge on any atom is -0.314 e. The van der Waals surface area contributed by atoms with Crippen molar-refractivity contribution in [2.45, 2.75) is 58.9 Å². The third-order valence-corrected chi connectivity index (χ3v) is 3.80. The molecular weight excluding hydrogens is 196 g/mol. The fourth-order valence-electron chi connectivity index (χ4n) is 2.59. The maximum atomic E-state index is 3.71. The second kappa shape index (κ2) is 8.08. The first-order valence-electron chi connectivity index (χ1n) is 7.22. The zero-order chi connectivity index (χ0) is 11.8. The van der Waals surface area contributed by atoms with Gasteiger partial charge in [-0.25, -0.2) is 0 Å². The molecule has 1 aliphatic heterocycles. The van der Waals surface area contributed by atoms with Gasteiger partial charge in [0, 0.05) is 12.6 Å². The molecule has 0 aliphatic carbocycles. The first-order chi connectivity index (χ1) is 7.76. The van der Waals surface area contributed by atoms with E-state index in [9.17, 15) is 0 Å². The first kappa shape index (κ1) is 14.0. The molecule has 1 rings (SSSR count). The molecule has 1 heterocycles. The van der Waals surface area contributed by atoms with Crippen LogP contribution < -0.4 is 5.32 Å². The van der Waals surface area contributed by atoms with Crippen LogP contribution in [0.3, 0.4) is 0 Å². The van der Waals surface area contributed by atoms with E-state index in [0.29, 0.717) is 6.04 Å². The van der Waals surface area contributed by atoms with Gasteiger partial charge in [0.05, 0.1) is 0 Å². The Kier molecular flexibility index (Phi) is 7.06. The van der Waals surface area contributed by atoms with Crippen LogP contribution in [-0.2, 0) is 0 Å². The van der Waals surface area contributed by atoms with Crippen LogP contribution in [-0.4, -0.2) is 37.1 Å². The highest BCUT2D eigenvalue weighted by Crippen LogP contribution is 2.15. The normalized spacial score (nSPS) is 24.6. The molecule has 2 nitrogen and oxygen atoms in total. The van der Waals surface area contributed by atoms with Gasteiger partial charge in [-0.15, -0.1) is 0 Å². The van der Waals surface area contributed by atoms with Crippen LogP contribution in [0, 0.1) is 5.92 Å². The van der Waals surface area contributed by atoms with Crippen LogP contribution >= 0.6 is 0 Å². The van der Waals surface area contributed by atoms with Crippen molar-refractivity contribution in [3.8, 4) is 0 Å². The number of piperidine rings is 1. The molecule has 2 atom stereocenters.